The van der Waals surface area contributed by atoms with Crippen molar-refractivity contribution in [3.63, 3.8) is 0 Å². The van der Waals surface area contributed by atoms with E-state index in [2.05, 4.69) is 0 Å². The van der Waals surface area contributed by atoms with Crippen molar-refractivity contribution in [2.45, 2.75) is 25.7 Å². The molecular formula is C15H17FO2. The molecule has 0 radical (unpaired) electrons. The van der Waals surface area contributed by atoms with Gasteiger partial charge >= 0.3 is 5.97 Å². The highest BCUT2D eigenvalue weighted by atomic mass is 19.1. The van der Waals surface area contributed by atoms with Gasteiger partial charge in [-0.25, -0.2) is 4.39 Å². The first-order valence-corrected chi connectivity index (χ1v) is 6.32. The van der Waals surface area contributed by atoms with Crippen LogP contribution in [0.3, 0.4) is 0 Å². The van der Waals surface area contributed by atoms with Crippen LogP contribution in [0.25, 0.3) is 6.08 Å². The van der Waals surface area contributed by atoms with Gasteiger partial charge in [-0.2, -0.15) is 0 Å². The Balaban J connectivity index is 1.65. The van der Waals surface area contributed by atoms with E-state index >= 15 is 0 Å². The zero-order chi connectivity index (χ0) is 12.8. The first-order valence-electron chi connectivity index (χ1n) is 6.32. The summed E-state index contributed by atoms with van der Waals surface area (Å²) in [5.74, 6) is 0.338. The Morgan fingerprint density at radius 1 is 1.44 bits per heavy atom. The molecule has 1 aromatic rings. The molecule has 0 bridgehead atoms. The third kappa shape index (κ3) is 4.70. The fourth-order valence-corrected chi connectivity index (χ4v) is 1.74. The van der Waals surface area contributed by atoms with Crippen molar-refractivity contribution in [1.82, 2.24) is 0 Å². The fourth-order valence-electron chi connectivity index (χ4n) is 1.74. The zero-order valence-corrected chi connectivity index (χ0v) is 10.3. The molecule has 0 aromatic heterocycles. The van der Waals surface area contributed by atoms with Crippen LogP contribution in [0.5, 0.6) is 0 Å². The van der Waals surface area contributed by atoms with E-state index in [-0.39, 0.29) is 18.4 Å². The summed E-state index contributed by atoms with van der Waals surface area (Å²) in [5, 5.41) is 0. The van der Waals surface area contributed by atoms with E-state index in [4.69, 9.17) is 4.74 Å². The number of benzene rings is 1. The lowest BCUT2D eigenvalue weighted by Gasteiger charge is -2.00. The van der Waals surface area contributed by atoms with Gasteiger partial charge in [0, 0.05) is 6.42 Å². The SMILES string of the molecule is O=C(CCC1CC1)OCC=Cc1cccc(F)c1. The predicted octanol–water partition coefficient (Wildman–Crippen LogP) is 3.57. The number of carbonyl (C=O) groups excluding carboxylic acids is 1. The van der Waals surface area contributed by atoms with Crippen LogP contribution in [-0.4, -0.2) is 12.6 Å². The van der Waals surface area contributed by atoms with Gasteiger partial charge in [0.15, 0.2) is 0 Å². The van der Waals surface area contributed by atoms with Crippen molar-refractivity contribution >= 4 is 12.0 Å². The molecule has 18 heavy (non-hydrogen) atoms. The first kappa shape index (κ1) is 12.8. The molecule has 0 heterocycles. The summed E-state index contributed by atoms with van der Waals surface area (Å²) in [6.45, 7) is 0.250. The van der Waals surface area contributed by atoms with Crippen molar-refractivity contribution in [2.24, 2.45) is 5.92 Å². The molecule has 1 aromatic carbocycles. The van der Waals surface area contributed by atoms with Gasteiger partial charge in [0.25, 0.3) is 0 Å². The monoisotopic (exact) mass is 248 g/mol. The van der Waals surface area contributed by atoms with Crippen LogP contribution in [0, 0.1) is 11.7 Å². The summed E-state index contributed by atoms with van der Waals surface area (Å²) < 4.78 is 17.9. The molecule has 0 spiro atoms. The second-order valence-electron chi connectivity index (χ2n) is 4.62. The number of rotatable bonds is 6. The number of halogens is 1. The van der Waals surface area contributed by atoms with Gasteiger partial charge < -0.3 is 4.74 Å². The van der Waals surface area contributed by atoms with Crippen LogP contribution < -0.4 is 0 Å². The molecular weight excluding hydrogens is 231 g/mol. The number of ether oxygens (including phenoxy) is 1. The maximum atomic E-state index is 12.9. The predicted molar refractivity (Wildman–Crippen MR) is 68.4 cm³/mol. The second kappa shape index (κ2) is 6.34. The van der Waals surface area contributed by atoms with Gasteiger partial charge in [0.1, 0.15) is 12.4 Å². The van der Waals surface area contributed by atoms with Gasteiger partial charge in [-0.3, -0.25) is 4.79 Å². The van der Waals surface area contributed by atoms with Crippen molar-refractivity contribution in [3.05, 3.63) is 41.7 Å². The summed E-state index contributed by atoms with van der Waals surface area (Å²) in [6.07, 6.45) is 7.45. The molecule has 0 aliphatic heterocycles. The van der Waals surface area contributed by atoms with Crippen LogP contribution in [0.4, 0.5) is 4.39 Å². The van der Waals surface area contributed by atoms with Crippen LogP contribution in [0.2, 0.25) is 0 Å². The van der Waals surface area contributed by atoms with E-state index in [9.17, 15) is 9.18 Å². The van der Waals surface area contributed by atoms with Gasteiger partial charge in [-0.05, 0) is 36.1 Å². The van der Waals surface area contributed by atoms with E-state index in [1.54, 1.807) is 24.3 Å². The molecule has 96 valence electrons. The Morgan fingerprint density at radius 2 is 2.28 bits per heavy atom. The Kier molecular flexibility index (Phi) is 4.51. The molecule has 1 aliphatic carbocycles. The largest absolute Gasteiger partial charge is 0.461 e. The third-order valence-corrected chi connectivity index (χ3v) is 2.95. The molecule has 0 unspecified atom stereocenters. The molecule has 0 N–H and O–H groups in total. The number of hydrogen-bond acceptors (Lipinski definition) is 2. The van der Waals surface area contributed by atoms with Crippen LogP contribution in [-0.2, 0) is 9.53 Å². The topological polar surface area (TPSA) is 26.3 Å². The Bertz CT molecular complexity index is 436. The third-order valence-electron chi connectivity index (χ3n) is 2.95. The molecule has 2 nitrogen and oxygen atoms in total. The normalized spacial score (nSPS) is 14.9. The lowest BCUT2D eigenvalue weighted by Crippen LogP contribution is -2.04. The summed E-state index contributed by atoms with van der Waals surface area (Å²) in [5.41, 5.74) is 0.768. The first-order chi connectivity index (χ1) is 8.74. The Labute approximate surface area is 106 Å². The minimum atomic E-state index is -0.265. The average Bonchev–Trinajstić information content (AvgIpc) is 3.16. The zero-order valence-electron chi connectivity index (χ0n) is 10.3. The van der Waals surface area contributed by atoms with Gasteiger partial charge in [0.2, 0.25) is 0 Å². The van der Waals surface area contributed by atoms with E-state index in [0.29, 0.717) is 6.42 Å². The number of hydrogen-bond donors (Lipinski definition) is 0. The quantitative estimate of drug-likeness (QED) is 0.719. The number of carbonyl (C=O) groups is 1. The highest BCUT2D eigenvalue weighted by Crippen LogP contribution is 2.33. The standard InChI is InChI=1S/C15H17FO2/c16-14-5-1-3-13(11-14)4-2-10-18-15(17)9-8-12-6-7-12/h1-5,11-12H,6-10H2. The van der Waals surface area contributed by atoms with Gasteiger partial charge in [-0.1, -0.05) is 31.1 Å². The highest BCUT2D eigenvalue weighted by Gasteiger charge is 2.21. The molecule has 3 heteroatoms. The lowest BCUT2D eigenvalue weighted by molar-refractivity contribution is -0.142. The minimum absolute atomic E-state index is 0.147. The Hall–Kier alpha value is -1.64. The van der Waals surface area contributed by atoms with Crippen LogP contribution in [0.1, 0.15) is 31.2 Å². The van der Waals surface area contributed by atoms with Crippen molar-refractivity contribution in [1.29, 1.82) is 0 Å². The van der Waals surface area contributed by atoms with E-state index < -0.39 is 0 Å². The van der Waals surface area contributed by atoms with E-state index in [1.807, 2.05) is 0 Å². The minimum Gasteiger partial charge on any atom is -0.461 e. The van der Waals surface area contributed by atoms with Crippen molar-refractivity contribution < 1.29 is 13.9 Å². The lowest BCUT2D eigenvalue weighted by atomic mass is 10.2. The average molecular weight is 248 g/mol. The van der Waals surface area contributed by atoms with Crippen LogP contribution in [0.15, 0.2) is 30.3 Å². The smallest absolute Gasteiger partial charge is 0.306 e. The fraction of sp³-hybridized carbons (Fsp3) is 0.400. The van der Waals surface area contributed by atoms with Crippen LogP contribution >= 0.6 is 0 Å². The molecule has 2 rings (SSSR count). The molecule has 0 atom stereocenters. The maximum absolute atomic E-state index is 12.9. The van der Waals surface area contributed by atoms with Crippen molar-refractivity contribution in [3.8, 4) is 0 Å². The Morgan fingerprint density at radius 3 is 3.00 bits per heavy atom. The maximum Gasteiger partial charge on any atom is 0.306 e. The summed E-state index contributed by atoms with van der Waals surface area (Å²) in [6, 6.07) is 6.28. The van der Waals surface area contributed by atoms with Crippen molar-refractivity contribution in [2.75, 3.05) is 6.61 Å². The summed E-state index contributed by atoms with van der Waals surface area (Å²) >= 11 is 0. The molecule has 0 saturated heterocycles. The van der Waals surface area contributed by atoms with Gasteiger partial charge in [-0.15, -0.1) is 0 Å². The summed E-state index contributed by atoms with van der Waals surface area (Å²) in [4.78, 5) is 11.3. The molecule has 1 saturated carbocycles. The van der Waals surface area contributed by atoms with E-state index in [1.165, 1.54) is 25.0 Å². The van der Waals surface area contributed by atoms with E-state index in [0.717, 1.165) is 17.9 Å². The molecule has 0 amide bonds. The number of esters is 1. The molecule has 1 fully saturated rings. The van der Waals surface area contributed by atoms with Gasteiger partial charge in [0.05, 0.1) is 0 Å². The second-order valence-corrected chi connectivity index (χ2v) is 4.62. The summed E-state index contributed by atoms with van der Waals surface area (Å²) in [7, 11) is 0. The molecule has 1 aliphatic rings. The highest BCUT2D eigenvalue weighted by molar-refractivity contribution is 5.69.